The predicted octanol–water partition coefficient (Wildman–Crippen LogP) is 2.71. The Morgan fingerprint density at radius 3 is 2.15 bits per heavy atom. The first kappa shape index (κ1) is 22.8. The highest BCUT2D eigenvalue weighted by Gasteiger charge is 2.18. The summed E-state index contributed by atoms with van der Waals surface area (Å²) in [5.41, 5.74) is 2.01. The van der Waals surface area contributed by atoms with E-state index in [4.69, 9.17) is 9.47 Å². The van der Waals surface area contributed by atoms with Crippen LogP contribution in [0.25, 0.3) is 11.3 Å². The quantitative estimate of drug-likeness (QED) is 0.564. The van der Waals surface area contributed by atoms with Crippen molar-refractivity contribution in [1.82, 2.24) is 15.1 Å². The number of likely N-dealkylation sites (N-methyl/N-ethyl adjacent to an activating group) is 1. The molecule has 0 saturated carbocycles. The number of aromatic nitrogens is 2. The molecule has 9 nitrogen and oxygen atoms in total. The summed E-state index contributed by atoms with van der Waals surface area (Å²) in [6.45, 7) is 3.87. The third-order valence-electron chi connectivity index (χ3n) is 5.58. The van der Waals surface area contributed by atoms with E-state index in [0.29, 0.717) is 17.2 Å². The van der Waals surface area contributed by atoms with E-state index in [1.165, 1.54) is 26.4 Å². The van der Waals surface area contributed by atoms with E-state index in [1.807, 2.05) is 24.3 Å². The molecule has 1 saturated heterocycles. The van der Waals surface area contributed by atoms with E-state index in [2.05, 4.69) is 31.8 Å². The molecule has 0 radical (unpaired) electrons. The maximum absolute atomic E-state index is 12.8. The van der Waals surface area contributed by atoms with E-state index in [9.17, 15) is 8.42 Å². The van der Waals surface area contributed by atoms with Gasteiger partial charge >= 0.3 is 0 Å². The van der Waals surface area contributed by atoms with Gasteiger partial charge in [-0.1, -0.05) is 12.1 Å². The van der Waals surface area contributed by atoms with Gasteiger partial charge in [-0.2, -0.15) is 0 Å². The molecule has 0 amide bonds. The van der Waals surface area contributed by atoms with Crippen LogP contribution >= 0.6 is 0 Å². The molecule has 0 unspecified atom stereocenters. The van der Waals surface area contributed by atoms with Crippen LogP contribution in [-0.2, 0) is 10.0 Å². The smallest absolute Gasteiger partial charge is 0.262 e. The maximum Gasteiger partial charge on any atom is 0.262 e. The zero-order valence-electron chi connectivity index (χ0n) is 18.9. The summed E-state index contributed by atoms with van der Waals surface area (Å²) in [6.07, 6.45) is 0. The summed E-state index contributed by atoms with van der Waals surface area (Å²) < 4.78 is 38.5. The van der Waals surface area contributed by atoms with Crippen LogP contribution in [0.4, 0.5) is 11.5 Å². The highest BCUT2D eigenvalue weighted by molar-refractivity contribution is 7.92. The first-order chi connectivity index (χ1) is 15.9. The van der Waals surface area contributed by atoms with Gasteiger partial charge in [0, 0.05) is 43.5 Å². The molecule has 0 aliphatic carbocycles. The molecule has 2 heterocycles. The molecule has 174 valence electrons. The molecule has 1 N–H and O–H groups in total. The van der Waals surface area contributed by atoms with Crippen molar-refractivity contribution in [3.05, 3.63) is 54.6 Å². The topological polar surface area (TPSA) is 96.9 Å². The fraction of sp³-hybridized carbons (Fsp3) is 0.304. The number of benzene rings is 2. The number of nitrogens with one attached hydrogen (secondary N) is 1. The van der Waals surface area contributed by atoms with Crippen LogP contribution in [0.3, 0.4) is 0 Å². The maximum atomic E-state index is 12.8. The van der Waals surface area contributed by atoms with Crippen LogP contribution in [0.1, 0.15) is 0 Å². The Bertz CT molecular complexity index is 1190. The Kier molecular flexibility index (Phi) is 6.66. The molecular formula is C23H27N5O4S. The number of methoxy groups -OCH3 is 2. The summed E-state index contributed by atoms with van der Waals surface area (Å²) in [4.78, 5) is 4.59. The van der Waals surface area contributed by atoms with Gasteiger partial charge in [-0.15, -0.1) is 10.2 Å². The third-order valence-corrected chi connectivity index (χ3v) is 6.95. The Morgan fingerprint density at radius 1 is 0.848 bits per heavy atom. The summed E-state index contributed by atoms with van der Waals surface area (Å²) in [7, 11) is 1.28. The first-order valence-corrected chi connectivity index (χ1v) is 12.0. The van der Waals surface area contributed by atoms with Gasteiger partial charge in [0.1, 0.15) is 0 Å². The van der Waals surface area contributed by atoms with Crippen molar-refractivity contribution in [3.63, 3.8) is 0 Å². The Labute approximate surface area is 194 Å². The van der Waals surface area contributed by atoms with Crippen LogP contribution in [0, 0.1) is 0 Å². The molecule has 1 aromatic heterocycles. The van der Waals surface area contributed by atoms with E-state index in [1.54, 1.807) is 18.2 Å². The summed E-state index contributed by atoms with van der Waals surface area (Å²) >= 11 is 0. The largest absolute Gasteiger partial charge is 0.493 e. The SMILES string of the molecule is COc1ccc(S(=O)(=O)Nc2ccc(-c3ccc(N4CCN(C)CC4)nn3)cc2)cc1OC. The van der Waals surface area contributed by atoms with Gasteiger partial charge in [-0.3, -0.25) is 4.72 Å². The zero-order chi connectivity index (χ0) is 23.4. The number of sulfonamides is 1. The van der Waals surface area contributed by atoms with Crippen LogP contribution in [0.2, 0.25) is 0 Å². The molecule has 1 aliphatic heterocycles. The number of hydrogen-bond acceptors (Lipinski definition) is 8. The fourth-order valence-electron chi connectivity index (χ4n) is 3.59. The number of ether oxygens (including phenoxy) is 2. The lowest BCUT2D eigenvalue weighted by Gasteiger charge is -2.32. The van der Waals surface area contributed by atoms with Gasteiger partial charge in [0.15, 0.2) is 17.3 Å². The van der Waals surface area contributed by atoms with E-state index in [-0.39, 0.29) is 4.90 Å². The number of anilines is 2. The normalized spacial score (nSPS) is 14.7. The molecule has 1 aliphatic rings. The Hall–Kier alpha value is -3.37. The van der Waals surface area contributed by atoms with Crippen molar-refractivity contribution in [2.45, 2.75) is 4.90 Å². The van der Waals surface area contributed by atoms with Gasteiger partial charge < -0.3 is 19.3 Å². The summed E-state index contributed by atoms with van der Waals surface area (Å²) in [5.74, 6) is 1.67. The predicted molar refractivity (Wildman–Crippen MR) is 128 cm³/mol. The molecule has 0 atom stereocenters. The van der Waals surface area contributed by atoms with Crippen molar-refractivity contribution in [1.29, 1.82) is 0 Å². The summed E-state index contributed by atoms with van der Waals surface area (Å²) in [5, 5.41) is 8.74. The van der Waals surface area contributed by atoms with Crippen molar-refractivity contribution in [2.75, 3.05) is 57.1 Å². The van der Waals surface area contributed by atoms with Gasteiger partial charge in [0.05, 0.1) is 24.8 Å². The Morgan fingerprint density at radius 2 is 1.55 bits per heavy atom. The van der Waals surface area contributed by atoms with E-state index in [0.717, 1.165) is 43.3 Å². The Balaban J connectivity index is 1.46. The second-order valence-corrected chi connectivity index (χ2v) is 9.45. The molecule has 10 heteroatoms. The van der Waals surface area contributed by atoms with Crippen LogP contribution in [0.5, 0.6) is 11.5 Å². The monoisotopic (exact) mass is 469 g/mol. The van der Waals surface area contributed by atoms with Crippen molar-refractivity contribution in [3.8, 4) is 22.8 Å². The van der Waals surface area contributed by atoms with Crippen LogP contribution < -0.4 is 19.1 Å². The van der Waals surface area contributed by atoms with E-state index >= 15 is 0 Å². The van der Waals surface area contributed by atoms with E-state index < -0.39 is 10.0 Å². The second kappa shape index (κ2) is 9.63. The van der Waals surface area contributed by atoms with Crippen LogP contribution in [0.15, 0.2) is 59.5 Å². The minimum Gasteiger partial charge on any atom is -0.493 e. The number of hydrogen-bond donors (Lipinski definition) is 1. The van der Waals surface area contributed by atoms with Crippen molar-refractivity contribution < 1.29 is 17.9 Å². The summed E-state index contributed by atoms with van der Waals surface area (Å²) in [6, 6.07) is 15.4. The lowest BCUT2D eigenvalue weighted by Crippen LogP contribution is -2.44. The standard InChI is InChI=1S/C23H27N5O4S/c1-27-12-14-28(15-13-27)23-11-9-20(24-25-23)17-4-6-18(7-5-17)26-33(29,30)19-8-10-21(31-2)22(16-19)32-3/h4-11,16,26H,12-15H2,1-3H3. The van der Waals surface area contributed by atoms with Gasteiger partial charge in [0.25, 0.3) is 10.0 Å². The van der Waals surface area contributed by atoms with Crippen molar-refractivity contribution >= 4 is 21.5 Å². The molecule has 4 rings (SSSR count). The molecule has 3 aromatic rings. The highest BCUT2D eigenvalue weighted by atomic mass is 32.2. The third kappa shape index (κ3) is 5.18. The zero-order valence-corrected chi connectivity index (χ0v) is 19.7. The molecule has 2 aromatic carbocycles. The molecule has 33 heavy (non-hydrogen) atoms. The average Bonchev–Trinajstić information content (AvgIpc) is 2.84. The average molecular weight is 470 g/mol. The van der Waals surface area contributed by atoms with Crippen LogP contribution in [-0.4, -0.2) is 71.0 Å². The number of nitrogens with zero attached hydrogens (tertiary/aromatic N) is 4. The highest BCUT2D eigenvalue weighted by Crippen LogP contribution is 2.30. The minimum absolute atomic E-state index is 0.0783. The lowest BCUT2D eigenvalue weighted by atomic mass is 10.1. The van der Waals surface area contributed by atoms with Gasteiger partial charge in [0.2, 0.25) is 0 Å². The molecule has 1 fully saturated rings. The molecule has 0 bridgehead atoms. The number of piperazine rings is 1. The molecule has 0 spiro atoms. The first-order valence-electron chi connectivity index (χ1n) is 10.5. The lowest BCUT2D eigenvalue weighted by molar-refractivity contribution is 0.312. The second-order valence-electron chi connectivity index (χ2n) is 7.77. The van der Waals surface area contributed by atoms with Gasteiger partial charge in [-0.25, -0.2) is 8.42 Å². The number of rotatable bonds is 7. The molecular weight excluding hydrogens is 442 g/mol. The fourth-order valence-corrected chi connectivity index (χ4v) is 4.66. The van der Waals surface area contributed by atoms with Gasteiger partial charge in [-0.05, 0) is 43.4 Å². The minimum atomic E-state index is -3.79. The van der Waals surface area contributed by atoms with Crippen molar-refractivity contribution in [2.24, 2.45) is 0 Å².